The second kappa shape index (κ2) is 6.88. The highest BCUT2D eigenvalue weighted by atomic mass is 16.5. The van der Waals surface area contributed by atoms with Gasteiger partial charge in [0.2, 0.25) is 0 Å². The quantitative estimate of drug-likeness (QED) is 0.814. The zero-order valence-corrected chi connectivity index (χ0v) is 12.3. The topological polar surface area (TPSA) is 24.5 Å². The van der Waals surface area contributed by atoms with Crippen LogP contribution in [0.2, 0.25) is 0 Å². The summed E-state index contributed by atoms with van der Waals surface area (Å²) in [5.41, 5.74) is 0. The zero-order chi connectivity index (χ0) is 13.0. The van der Waals surface area contributed by atoms with Gasteiger partial charge >= 0.3 is 0 Å². The lowest BCUT2D eigenvalue weighted by molar-refractivity contribution is 0.0777. The van der Waals surface area contributed by atoms with Crippen molar-refractivity contribution in [2.24, 2.45) is 5.92 Å². The minimum absolute atomic E-state index is 0.612. The summed E-state index contributed by atoms with van der Waals surface area (Å²) in [5, 5.41) is 3.69. The first kappa shape index (κ1) is 14.3. The van der Waals surface area contributed by atoms with E-state index in [9.17, 15) is 0 Å². The van der Waals surface area contributed by atoms with Gasteiger partial charge in [0.1, 0.15) is 0 Å². The van der Waals surface area contributed by atoms with Crippen LogP contribution in [0.25, 0.3) is 0 Å². The number of hydrogen-bond acceptors (Lipinski definition) is 3. The lowest BCUT2D eigenvalue weighted by Crippen LogP contribution is -2.52. The number of likely N-dealkylation sites (N-methyl/N-ethyl adjacent to an activating group) is 1. The molecule has 1 N–H and O–H groups in total. The summed E-state index contributed by atoms with van der Waals surface area (Å²) in [4.78, 5) is 2.72. The molecule has 2 heterocycles. The lowest BCUT2D eigenvalue weighted by atomic mass is 9.93. The van der Waals surface area contributed by atoms with E-state index in [-0.39, 0.29) is 0 Å². The fourth-order valence-corrected chi connectivity index (χ4v) is 3.57. The van der Waals surface area contributed by atoms with Crippen molar-refractivity contribution in [3.8, 4) is 0 Å². The molecular formula is C15H30N2O. The lowest BCUT2D eigenvalue weighted by Gasteiger charge is -2.42. The summed E-state index contributed by atoms with van der Waals surface area (Å²) in [5.74, 6) is 0.714. The Labute approximate surface area is 112 Å². The van der Waals surface area contributed by atoms with Crippen molar-refractivity contribution in [3.05, 3.63) is 0 Å². The summed E-state index contributed by atoms with van der Waals surface area (Å²) in [6.07, 6.45) is 5.36. The highest BCUT2D eigenvalue weighted by Gasteiger charge is 2.31. The molecule has 2 saturated heterocycles. The summed E-state index contributed by atoms with van der Waals surface area (Å²) < 4.78 is 5.57. The molecule has 18 heavy (non-hydrogen) atoms. The third-order valence-corrected chi connectivity index (χ3v) is 4.78. The third kappa shape index (κ3) is 3.46. The highest BCUT2D eigenvalue weighted by molar-refractivity contribution is 4.87. The predicted octanol–water partition coefficient (Wildman–Crippen LogP) is 2.26. The molecule has 2 aliphatic rings. The Kier molecular flexibility index (Phi) is 5.46. The van der Waals surface area contributed by atoms with Gasteiger partial charge in [-0.2, -0.15) is 0 Å². The number of piperidine rings is 1. The van der Waals surface area contributed by atoms with Gasteiger partial charge in [-0.1, -0.05) is 13.3 Å². The van der Waals surface area contributed by atoms with Crippen LogP contribution in [0, 0.1) is 5.92 Å². The van der Waals surface area contributed by atoms with E-state index in [0.717, 1.165) is 31.8 Å². The molecule has 2 aliphatic heterocycles. The van der Waals surface area contributed by atoms with Crippen LogP contribution in [0.4, 0.5) is 0 Å². The number of likely N-dealkylation sites (tertiary alicyclic amines) is 1. The maximum atomic E-state index is 5.57. The summed E-state index contributed by atoms with van der Waals surface area (Å²) in [6, 6.07) is 2.11. The van der Waals surface area contributed by atoms with Gasteiger partial charge in [-0.3, -0.25) is 4.90 Å². The largest absolute Gasteiger partial charge is 0.381 e. The van der Waals surface area contributed by atoms with Gasteiger partial charge in [-0.25, -0.2) is 0 Å². The van der Waals surface area contributed by atoms with Gasteiger partial charge in [0, 0.05) is 37.2 Å². The van der Waals surface area contributed by atoms with E-state index in [0.29, 0.717) is 12.0 Å². The molecule has 3 heteroatoms. The summed E-state index contributed by atoms with van der Waals surface area (Å²) in [6.45, 7) is 11.2. The van der Waals surface area contributed by atoms with Crippen molar-refractivity contribution in [1.29, 1.82) is 0 Å². The van der Waals surface area contributed by atoms with Crippen molar-refractivity contribution >= 4 is 0 Å². The molecule has 0 bridgehead atoms. The van der Waals surface area contributed by atoms with E-state index in [1.165, 1.54) is 32.2 Å². The molecule has 2 unspecified atom stereocenters. The van der Waals surface area contributed by atoms with Gasteiger partial charge < -0.3 is 10.1 Å². The smallest absolute Gasteiger partial charge is 0.0510 e. The van der Waals surface area contributed by atoms with Crippen LogP contribution >= 0.6 is 0 Å². The van der Waals surface area contributed by atoms with Crippen molar-refractivity contribution in [1.82, 2.24) is 10.2 Å². The van der Waals surface area contributed by atoms with Gasteiger partial charge in [0.05, 0.1) is 6.61 Å². The minimum atomic E-state index is 0.612. The first-order chi connectivity index (χ1) is 8.72. The molecule has 0 aromatic heterocycles. The number of nitrogens with zero attached hydrogens (tertiary/aromatic N) is 1. The Morgan fingerprint density at radius 2 is 1.94 bits per heavy atom. The number of ether oxygens (including phenoxy) is 1. The molecule has 106 valence electrons. The van der Waals surface area contributed by atoms with Crippen molar-refractivity contribution < 1.29 is 4.74 Å². The molecule has 0 aromatic carbocycles. The molecule has 0 aliphatic carbocycles. The molecule has 4 atom stereocenters. The fourth-order valence-electron chi connectivity index (χ4n) is 3.57. The molecule has 0 radical (unpaired) electrons. The van der Waals surface area contributed by atoms with Gasteiger partial charge in [-0.15, -0.1) is 0 Å². The predicted molar refractivity (Wildman–Crippen MR) is 75.9 cm³/mol. The van der Waals surface area contributed by atoms with Crippen LogP contribution in [0.1, 0.15) is 46.5 Å². The first-order valence-corrected chi connectivity index (χ1v) is 7.79. The maximum Gasteiger partial charge on any atom is 0.0510 e. The van der Waals surface area contributed by atoms with Crippen LogP contribution in [-0.2, 0) is 4.74 Å². The average molecular weight is 254 g/mol. The van der Waals surface area contributed by atoms with E-state index < -0.39 is 0 Å². The van der Waals surface area contributed by atoms with Crippen LogP contribution in [-0.4, -0.2) is 49.3 Å². The summed E-state index contributed by atoms with van der Waals surface area (Å²) >= 11 is 0. The highest BCUT2D eigenvalue weighted by Crippen LogP contribution is 2.25. The van der Waals surface area contributed by atoms with Crippen LogP contribution < -0.4 is 5.32 Å². The fraction of sp³-hybridized carbons (Fsp3) is 1.00. The normalized spacial score (nSPS) is 35.8. The molecule has 2 fully saturated rings. The van der Waals surface area contributed by atoms with E-state index in [2.05, 4.69) is 31.0 Å². The third-order valence-electron chi connectivity index (χ3n) is 4.78. The molecular weight excluding hydrogens is 224 g/mol. The SMILES string of the molecule is CCNC(CN1[C@H](C)CCC[C@@H]1C)C1CCOC1. The van der Waals surface area contributed by atoms with Crippen LogP contribution in [0.5, 0.6) is 0 Å². The number of nitrogens with one attached hydrogen (secondary N) is 1. The zero-order valence-electron chi connectivity index (χ0n) is 12.3. The number of rotatable bonds is 5. The monoisotopic (exact) mass is 254 g/mol. The minimum Gasteiger partial charge on any atom is -0.381 e. The van der Waals surface area contributed by atoms with Crippen LogP contribution in [0.15, 0.2) is 0 Å². The number of hydrogen-bond donors (Lipinski definition) is 1. The van der Waals surface area contributed by atoms with E-state index in [1.54, 1.807) is 0 Å². The van der Waals surface area contributed by atoms with Gasteiger partial charge in [0.15, 0.2) is 0 Å². The Morgan fingerprint density at radius 1 is 1.22 bits per heavy atom. The van der Waals surface area contributed by atoms with Crippen molar-refractivity contribution in [3.63, 3.8) is 0 Å². The van der Waals surface area contributed by atoms with Crippen molar-refractivity contribution in [2.45, 2.75) is 64.6 Å². The van der Waals surface area contributed by atoms with E-state index in [1.807, 2.05) is 0 Å². The average Bonchev–Trinajstić information content (AvgIpc) is 2.86. The van der Waals surface area contributed by atoms with Gasteiger partial charge in [-0.05, 0) is 39.7 Å². The van der Waals surface area contributed by atoms with Crippen molar-refractivity contribution in [2.75, 3.05) is 26.3 Å². The Morgan fingerprint density at radius 3 is 2.50 bits per heavy atom. The standard InChI is InChI=1S/C15H30N2O/c1-4-16-15(14-8-9-18-11-14)10-17-12(2)6-5-7-13(17)3/h12-16H,4-11H2,1-3H3/t12-,13+,14?,15?. The Hall–Kier alpha value is -0.120. The second-order valence-corrected chi connectivity index (χ2v) is 6.11. The Balaban J connectivity index is 1.93. The molecule has 3 nitrogen and oxygen atoms in total. The molecule has 0 spiro atoms. The second-order valence-electron chi connectivity index (χ2n) is 6.11. The molecule has 0 amide bonds. The van der Waals surface area contributed by atoms with E-state index >= 15 is 0 Å². The first-order valence-electron chi connectivity index (χ1n) is 7.79. The maximum absolute atomic E-state index is 5.57. The summed E-state index contributed by atoms with van der Waals surface area (Å²) in [7, 11) is 0. The molecule has 2 rings (SSSR count). The molecule has 0 saturated carbocycles. The van der Waals surface area contributed by atoms with Gasteiger partial charge in [0.25, 0.3) is 0 Å². The van der Waals surface area contributed by atoms with E-state index in [4.69, 9.17) is 4.74 Å². The van der Waals surface area contributed by atoms with Crippen LogP contribution in [0.3, 0.4) is 0 Å². The molecule has 0 aromatic rings. The Bertz CT molecular complexity index is 231.